The number of hydrogen-bond acceptors (Lipinski definition) is 6. The molecule has 0 spiro atoms. The molecule has 0 atom stereocenters. The molecule has 0 saturated heterocycles. The van der Waals surface area contributed by atoms with E-state index in [1.807, 2.05) is 109 Å². The smallest absolute Gasteiger partial charge is 0.193 e. The van der Waals surface area contributed by atoms with Crippen LogP contribution in [-0.2, 0) is 0 Å². The van der Waals surface area contributed by atoms with Crippen LogP contribution < -0.4 is 19.6 Å². The van der Waals surface area contributed by atoms with Crippen molar-refractivity contribution in [3.05, 3.63) is 374 Å². The Morgan fingerprint density at radius 3 is 0.628 bits per heavy atom. The van der Waals surface area contributed by atoms with Gasteiger partial charge in [0.2, 0.25) is 0 Å². The third-order valence-corrected chi connectivity index (χ3v) is 15.4. The Morgan fingerprint density at radius 2 is 0.384 bits per heavy atom. The summed E-state index contributed by atoms with van der Waals surface area (Å²) in [6, 6.07) is 119. The van der Waals surface area contributed by atoms with Crippen LogP contribution in [0.15, 0.2) is 352 Å². The third-order valence-electron chi connectivity index (χ3n) is 15.4. The number of rotatable bonds is 18. The van der Waals surface area contributed by atoms with Crippen LogP contribution in [0.5, 0.6) is 0 Å². The molecule has 0 aromatic heterocycles. The third kappa shape index (κ3) is 11.3. The Hall–Kier alpha value is -11.6. The number of ketones is 2. The van der Waals surface area contributed by atoms with E-state index in [1.165, 1.54) is 0 Å². The zero-order valence-corrected chi connectivity index (χ0v) is 47.1. The molecule has 0 aliphatic rings. The second-order valence-corrected chi connectivity index (χ2v) is 20.8. The molecule has 410 valence electrons. The van der Waals surface area contributed by atoms with Crippen LogP contribution in [0.4, 0.5) is 68.2 Å². The molecule has 0 fully saturated rings. The minimum Gasteiger partial charge on any atom is -0.311 e. The number of carbonyl (C=O) groups is 2. The Balaban J connectivity index is 0.752. The monoisotopic (exact) mass is 1110 g/mol. The highest BCUT2D eigenvalue weighted by atomic mass is 16.1. The van der Waals surface area contributed by atoms with Crippen molar-refractivity contribution in [3.8, 4) is 22.3 Å². The molecule has 13 rings (SSSR count). The van der Waals surface area contributed by atoms with Crippen LogP contribution in [0.25, 0.3) is 22.3 Å². The van der Waals surface area contributed by atoms with Gasteiger partial charge in [0.05, 0.1) is 0 Å². The van der Waals surface area contributed by atoms with Gasteiger partial charge in [-0.05, 0) is 174 Å². The maximum Gasteiger partial charge on any atom is 0.193 e. The van der Waals surface area contributed by atoms with Crippen molar-refractivity contribution < 1.29 is 9.59 Å². The molecule has 13 aromatic carbocycles. The van der Waals surface area contributed by atoms with Gasteiger partial charge >= 0.3 is 0 Å². The van der Waals surface area contributed by atoms with Crippen LogP contribution in [-0.4, -0.2) is 11.6 Å². The number of anilines is 12. The fraction of sp³-hybridized carbons (Fsp3) is 0. The van der Waals surface area contributed by atoms with E-state index >= 15 is 0 Å². The fourth-order valence-electron chi connectivity index (χ4n) is 11.3. The first-order chi connectivity index (χ1) is 42.5. The predicted molar refractivity (Wildman–Crippen MR) is 356 cm³/mol. The van der Waals surface area contributed by atoms with Crippen LogP contribution in [0.2, 0.25) is 0 Å². The maximum atomic E-state index is 14.8. The van der Waals surface area contributed by atoms with E-state index in [-0.39, 0.29) is 11.6 Å². The molecule has 0 aliphatic heterocycles. The summed E-state index contributed by atoms with van der Waals surface area (Å²) in [5.41, 5.74) is 17.7. The Bertz CT molecular complexity index is 4030. The average molecular weight is 1110 g/mol. The number of carbonyl (C=O) groups excluding carboxylic acids is 2. The molecular weight excluding hydrogens is 1050 g/mol. The molecule has 6 nitrogen and oxygen atoms in total. The van der Waals surface area contributed by atoms with Crippen LogP contribution in [0, 0.1) is 0 Å². The highest BCUT2D eigenvalue weighted by Crippen LogP contribution is 2.42. The molecule has 13 aromatic rings. The van der Waals surface area contributed by atoms with Gasteiger partial charge in [0, 0.05) is 90.5 Å². The molecule has 0 aliphatic carbocycles. The van der Waals surface area contributed by atoms with E-state index in [1.54, 1.807) is 24.3 Å². The summed E-state index contributed by atoms with van der Waals surface area (Å²) in [6.07, 6.45) is 0. The fourth-order valence-corrected chi connectivity index (χ4v) is 11.3. The molecule has 6 heteroatoms. The first-order valence-corrected chi connectivity index (χ1v) is 28.8. The lowest BCUT2D eigenvalue weighted by atomic mass is 9.90. The van der Waals surface area contributed by atoms with Crippen LogP contribution in [0.1, 0.15) is 31.8 Å². The van der Waals surface area contributed by atoms with Gasteiger partial charge in [-0.1, -0.05) is 200 Å². The molecule has 0 unspecified atom stereocenters. The first kappa shape index (κ1) is 53.7. The van der Waals surface area contributed by atoms with Crippen molar-refractivity contribution in [1.82, 2.24) is 0 Å². The van der Waals surface area contributed by atoms with Gasteiger partial charge < -0.3 is 19.6 Å². The minimum atomic E-state index is -0.170. The zero-order valence-electron chi connectivity index (χ0n) is 47.1. The Morgan fingerprint density at radius 1 is 0.186 bits per heavy atom. The Kier molecular flexibility index (Phi) is 15.5. The van der Waals surface area contributed by atoms with Gasteiger partial charge in [0.15, 0.2) is 11.6 Å². The van der Waals surface area contributed by atoms with Gasteiger partial charge in [-0.2, -0.15) is 0 Å². The SMILES string of the molecule is O=C(c1cccc(C(=O)c2ccccc2-c2ccc(N(c3ccccc3)c3ccc(N(c4ccccc4)c4ccccc4)cc3)cc2)c1)c1ccccc1-c1ccc(N(c2ccccc2)c2ccc(N(c3ccccc3)c3ccccc3)cc2)cc1. The summed E-state index contributed by atoms with van der Waals surface area (Å²) >= 11 is 0. The lowest BCUT2D eigenvalue weighted by molar-refractivity contribution is 0.103. The van der Waals surface area contributed by atoms with Crippen molar-refractivity contribution in [2.75, 3.05) is 19.6 Å². The summed E-state index contributed by atoms with van der Waals surface area (Å²) in [6.45, 7) is 0. The maximum absolute atomic E-state index is 14.8. The largest absolute Gasteiger partial charge is 0.311 e. The molecule has 0 radical (unpaired) electrons. The first-order valence-electron chi connectivity index (χ1n) is 28.8. The molecule has 86 heavy (non-hydrogen) atoms. The van der Waals surface area contributed by atoms with E-state index in [0.717, 1.165) is 90.5 Å². The molecule has 0 bridgehead atoms. The predicted octanol–water partition coefficient (Wildman–Crippen LogP) is 21.4. The standard InChI is InChI=1S/C80H58N4O2/c85-79(77-40-21-19-38-75(77)59-42-46-69(47-43-59)83(67-34-15-5-16-35-67)73-54-50-71(51-55-73)81(63-26-7-1-8-27-63)64-28-9-2-10-29-64)61-24-23-25-62(58-61)80(86)78-41-22-20-39-76(78)60-44-48-70(49-45-60)84(68-36-17-6-18-37-68)74-56-52-72(53-57-74)82(65-30-11-3-12-31-65)66-32-13-4-14-33-66/h1-58H. The van der Waals surface area contributed by atoms with Crippen LogP contribution >= 0.6 is 0 Å². The highest BCUT2D eigenvalue weighted by Gasteiger charge is 2.22. The minimum absolute atomic E-state index is 0.170. The summed E-state index contributed by atoms with van der Waals surface area (Å²) in [4.78, 5) is 38.5. The summed E-state index contributed by atoms with van der Waals surface area (Å²) in [5, 5.41) is 0. The van der Waals surface area contributed by atoms with E-state index in [4.69, 9.17) is 0 Å². The van der Waals surface area contributed by atoms with Crippen molar-refractivity contribution in [2.24, 2.45) is 0 Å². The molecule has 0 saturated carbocycles. The lowest BCUT2D eigenvalue weighted by Crippen LogP contribution is -2.12. The number of hydrogen-bond donors (Lipinski definition) is 0. The van der Waals surface area contributed by atoms with Gasteiger partial charge in [-0.25, -0.2) is 0 Å². The quantitative estimate of drug-likeness (QED) is 0.0798. The van der Waals surface area contributed by atoms with E-state index < -0.39 is 0 Å². The van der Waals surface area contributed by atoms with Gasteiger partial charge in [0.1, 0.15) is 0 Å². The Labute approximate surface area is 502 Å². The van der Waals surface area contributed by atoms with E-state index in [9.17, 15) is 9.59 Å². The second kappa shape index (κ2) is 24.9. The number of benzene rings is 13. The summed E-state index contributed by atoms with van der Waals surface area (Å²) < 4.78 is 0. The lowest BCUT2D eigenvalue weighted by Gasteiger charge is -2.28. The summed E-state index contributed by atoms with van der Waals surface area (Å²) in [7, 11) is 0. The normalized spacial score (nSPS) is 10.9. The summed E-state index contributed by atoms with van der Waals surface area (Å²) in [5.74, 6) is -0.340. The van der Waals surface area contributed by atoms with Crippen molar-refractivity contribution in [2.45, 2.75) is 0 Å². The molecule has 0 heterocycles. The molecule has 0 amide bonds. The number of para-hydroxylation sites is 6. The second-order valence-electron chi connectivity index (χ2n) is 20.8. The van der Waals surface area contributed by atoms with Crippen molar-refractivity contribution in [3.63, 3.8) is 0 Å². The van der Waals surface area contributed by atoms with Gasteiger partial charge in [-0.3, -0.25) is 9.59 Å². The molecule has 0 N–H and O–H groups in total. The van der Waals surface area contributed by atoms with Gasteiger partial charge in [0.25, 0.3) is 0 Å². The van der Waals surface area contributed by atoms with E-state index in [0.29, 0.717) is 22.3 Å². The average Bonchev–Trinajstić information content (AvgIpc) is 3.26. The van der Waals surface area contributed by atoms with Gasteiger partial charge in [-0.15, -0.1) is 0 Å². The zero-order chi connectivity index (χ0) is 58.0. The highest BCUT2D eigenvalue weighted by molar-refractivity contribution is 6.17. The topological polar surface area (TPSA) is 47.1 Å². The molecular formula is C80H58N4O2. The van der Waals surface area contributed by atoms with E-state index in [2.05, 4.69) is 238 Å². The van der Waals surface area contributed by atoms with Crippen molar-refractivity contribution >= 4 is 79.8 Å². The van der Waals surface area contributed by atoms with Crippen molar-refractivity contribution in [1.29, 1.82) is 0 Å². The number of nitrogens with zero attached hydrogens (tertiary/aromatic N) is 4. The van der Waals surface area contributed by atoms with Crippen LogP contribution in [0.3, 0.4) is 0 Å².